The first-order valence-electron chi connectivity index (χ1n) is 10.2. The number of phenolic OH excluding ortho intramolecular Hbond substituents is 1. The molecule has 0 spiro atoms. The summed E-state index contributed by atoms with van der Waals surface area (Å²) in [5.41, 5.74) is 8.50. The second-order valence-electron chi connectivity index (χ2n) is 7.44. The molecule has 1 heterocycles. The van der Waals surface area contributed by atoms with Crippen molar-refractivity contribution >= 4 is 17.8 Å². The van der Waals surface area contributed by atoms with Crippen LogP contribution in [-0.2, 0) is 9.53 Å². The molecule has 32 heavy (non-hydrogen) atoms. The van der Waals surface area contributed by atoms with Gasteiger partial charge in [0.15, 0.2) is 5.78 Å². The average molecular weight is 445 g/mol. The summed E-state index contributed by atoms with van der Waals surface area (Å²) in [5, 5.41) is 34.1. The number of hydrogen-bond acceptors (Lipinski definition) is 8. The van der Waals surface area contributed by atoms with Crippen LogP contribution in [0, 0.1) is 5.92 Å². The maximum atomic E-state index is 12.8. The van der Waals surface area contributed by atoms with Crippen LogP contribution in [0.2, 0.25) is 0 Å². The summed E-state index contributed by atoms with van der Waals surface area (Å²) in [5.74, 6) is -1.84. The number of phenols is 1. The van der Waals surface area contributed by atoms with E-state index in [9.17, 15) is 24.9 Å². The van der Waals surface area contributed by atoms with Gasteiger partial charge in [0.1, 0.15) is 29.3 Å². The third kappa shape index (κ3) is 6.84. The number of aliphatic hydroxyl groups is 2. The molecule has 172 valence electrons. The van der Waals surface area contributed by atoms with Crippen molar-refractivity contribution < 1.29 is 34.4 Å². The van der Waals surface area contributed by atoms with Crippen LogP contribution >= 0.6 is 0 Å². The summed E-state index contributed by atoms with van der Waals surface area (Å²) < 4.78 is 11.0. The second kappa shape index (κ2) is 11.9. The number of ketones is 1. The first kappa shape index (κ1) is 24.9. The smallest absolute Gasteiger partial charge is 0.342 e. The lowest BCUT2D eigenvalue weighted by molar-refractivity contribution is -0.127. The van der Waals surface area contributed by atoms with E-state index in [1.165, 1.54) is 30.4 Å². The van der Waals surface area contributed by atoms with E-state index in [4.69, 9.17) is 15.0 Å². The van der Waals surface area contributed by atoms with Gasteiger partial charge in [0.05, 0.1) is 12.7 Å². The molecule has 10 heteroatoms. The Hall–Kier alpha value is -3.33. The van der Waals surface area contributed by atoms with Crippen molar-refractivity contribution in [1.29, 1.82) is 0 Å². The lowest BCUT2D eigenvalue weighted by Crippen LogP contribution is -2.32. The quantitative estimate of drug-likeness (QED) is 0.206. The van der Waals surface area contributed by atoms with E-state index >= 15 is 0 Å². The van der Waals surface area contributed by atoms with Gasteiger partial charge in [0.2, 0.25) is 0 Å². The van der Waals surface area contributed by atoms with E-state index in [-0.39, 0.29) is 48.1 Å². The number of carbonyl (C=O) groups excluding carboxylic acids is 2. The fourth-order valence-corrected chi connectivity index (χ4v) is 2.92. The number of ether oxygens (including phenoxy) is 2. The van der Waals surface area contributed by atoms with E-state index < -0.39 is 30.1 Å². The molecular formula is C22H27N3O7. The minimum absolute atomic E-state index is 0.0702. The monoisotopic (exact) mass is 445 g/mol. The van der Waals surface area contributed by atoms with Gasteiger partial charge in [-0.15, -0.1) is 0 Å². The topological polar surface area (TPSA) is 162 Å². The number of azide groups is 1. The molecule has 10 nitrogen and oxygen atoms in total. The van der Waals surface area contributed by atoms with Gasteiger partial charge in [-0.3, -0.25) is 4.79 Å². The van der Waals surface area contributed by atoms with Crippen molar-refractivity contribution in [3.63, 3.8) is 0 Å². The highest BCUT2D eigenvalue weighted by molar-refractivity contribution is 5.97. The van der Waals surface area contributed by atoms with Crippen LogP contribution in [-0.4, -0.2) is 58.5 Å². The van der Waals surface area contributed by atoms with E-state index in [1.54, 1.807) is 13.8 Å². The highest BCUT2D eigenvalue weighted by Gasteiger charge is 2.25. The maximum absolute atomic E-state index is 12.8. The molecule has 1 aromatic carbocycles. The minimum atomic E-state index is -1.59. The van der Waals surface area contributed by atoms with Crippen LogP contribution in [0.1, 0.15) is 42.6 Å². The van der Waals surface area contributed by atoms with Crippen molar-refractivity contribution in [2.75, 3.05) is 13.2 Å². The summed E-state index contributed by atoms with van der Waals surface area (Å²) >= 11 is 0. The number of carbonyl (C=O) groups is 2. The predicted octanol–water partition coefficient (Wildman–Crippen LogP) is 2.92. The number of benzene rings is 1. The number of esters is 1. The summed E-state index contributed by atoms with van der Waals surface area (Å²) in [6.45, 7) is 3.84. The predicted molar refractivity (Wildman–Crippen MR) is 116 cm³/mol. The Morgan fingerprint density at radius 2 is 2.00 bits per heavy atom. The van der Waals surface area contributed by atoms with Crippen molar-refractivity contribution in [3.8, 4) is 11.5 Å². The SMILES string of the molecule is C[C@@H]1/C=C\C(=O)[C@@H](O)[C@@H](O)C/C=C/c2cc(OCCCN=[N+]=[N-])cc(O)c2C(=O)O[C@H]1C. The normalized spacial score (nSPS) is 26.1. The molecule has 1 aliphatic heterocycles. The van der Waals surface area contributed by atoms with Crippen molar-refractivity contribution in [2.24, 2.45) is 11.0 Å². The van der Waals surface area contributed by atoms with E-state index in [0.29, 0.717) is 6.42 Å². The van der Waals surface area contributed by atoms with Crippen LogP contribution < -0.4 is 4.74 Å². The van der Waals surface area contributed by atoms with Gasteiger partial charge in [-0.1, -0.05) is 30.3 Å². The second-order valence-corrected chi connectivity index (χ2v) is 7.44. The highest BCUT2D eigenvalue weighted by Crippen LogP contribution is 2.31. The molecule has 0 unspecified atom stereocenters. The zero-order chi connectivity index (χ0) is 23.7. The van der Waals surface area contributed by atoms with Gasteiger partial charge >= 0.3 is 5.97 Å². The van der Waals surface area contributed by atoms with Gasteiger partial charge in [0, 0.05) is 23.4 Å². The zero-order valence-corrected chi connectivity index (χ0v) is 17.9. The van der Waals surface area contributed by atoms with Crippen molar-refractivity contribution in [3.05, 3.63) is 51.9 Å². The molecule has 2 rings (SSSR count). The number of cyclic esters (lactones) is 1. The van der Waals surface area contributed by atoms with Crippen molar-refractivity contribution in [2.45, 2.75) is 45.0 Å². The molecule has 0 fully saturated rings. The Morgan fingerprint density at radius 1 is 1.25 bits per heavy atom. The molecule has 0 radical (unpaired) electrons. The first-order valence-corrected chi connectivity index (χ1v) is 10.2. The molecule has 1 aliphatic rings. The molecule has 0 saturated heterocycles. The van der Waals surface area contributed by atoms with Crippen LogP contribution in [0.15, 0.2) is 35.5 Å². The van der Waals surface area contributed by atoms with Gasteiger partial charge in [-0.2, -0.15) is 0 Å². The van der Waals surface area contributed by atoms with Gasteiger partial charge in [-0.05, 0) is 43.0 Å². The Kier molecular flexibility index (Phi) is 9.27. The fourth-order valence-electron chi connectivity index (χ4n) is 2.92. The molecule has 0 amide bonds. The summed E-state index contributed by atoms with van der Waals surface area (Å²) in [7, 11) is 0. The number of hydrogen-bond donors (Lipinski definition) is 3. The number of nitrogens with zero attached hydrogens (tertiary/aromatic N) is 3. The lowest BCUT2D eigenvalue weighted by atomic mass is 9.99. The summed E-state index contributed by atoms with van der Waals surface area (Å²) in [6, 6.07) is 2.81. The Morgan fingerprint density at radius 3 is 2.72 bits per heavy atom. The van der Waals surface area contributed by atoms with Crippen LogP contribution in [0.5, 0.6) is 11.5 Å². The minimum Gasteiger partial charge on any atom is -0.507 e. The first-order chi connectivity index (χ1) is 15.2. The third-order valence-electron chi connectivity index (χ3n) is 4.99. The molecule has 4 atom stereocenters. The van der Waals surface area contributed by atoms with Crippen LogP contribution in [0.25, 0.3) is 16.5 Å². The van der Waals surface area contributed by atoms with E-state index in [0.717, 1.165) is 6.08 Å². The molecule has 0 aromatic heterocycles. The maximum Gasteiger partial charge on any atom is 0.342 e. The summed E-state index contributed by atoms with van der Waals surface area (Å²) in [4.78, 5) is 27.5. The lowest BCUT2D eigenvalue weighted by Gasteiger charge is -2.20. The molecule has 1 aromatic rings. The fraction of sp³-hybridized carbons (Fsp3) is 0.455. The van der Waals surface area contributed by atoms with Gasteiger partial charge < -0.3 is 24.8 Å². The zero-order valence-electron chi connectivity index (χ0n) is 17.9. The Bertz CT molecular complexity index is 938. The number of fused-ring (bicyclic) bond motifs is 1. The standard InChI is InChI=1S/C22H27N3O7/c1-13-7-8-18(27)21(29)17(26)6-3-5-15-11-16(31-10-4-9-24-25-23)12-19(28)20(15)22(30)32-14(13)2/h3,5,7-8,11-14,17,21,26,28-29H,4,6,9-10H2,1-2H3/b5-3+,8-7-/t13-,14+,17+,21+/m1/s1. The molecule has 0 bridgehead atoms. The molecule has 3 N–H and O–H groups in total. The van der Waals surface area contributed by atoms with E-state index in [2.05, 4.69) is 10.0 Å². The average Bonchev–Trinajstić information content (AvgIpc) is 2.75. The number of aromatic hydroxyl groups is 1. The van der Waals surface area contributed by atoms with Crippen molar-refractivity contribution in [1.82, 2.24) is 0 Å². The largest absolute Gasteiger partial charge is 0.507 e. The van der Waals surface area contributed by atoms with Gasteiger partial charge in [-0.25, -0.2) is 4.79 Å². The summed E-state index contributed by atoms with van der Waals surface area (Å²) in [6.07, 6.45) is 2.41. The van der Waals surface area contributed by atoms with E-state index in [1.807, 2.05) is 0 Å². The number of rotatable bonds is 5. The number of aliphatic hydroxyl groups excluding tert-OH is 2. The molecular weight excluding hydrogens is 418 g/mol. The molecule has 0 saturated carbocycles. The highest BCUT2D eigenvalue weighted by atomic mass is 16.5. The van der Waals surface area contributed by atoms with Crippen LogP contribution in [0.4, 0.5) is 0 Å². The van der Waals surface area contributed by atoms with Crippen LogP contribution in [0.3, 0.4) is 0 Å². The third-order valence-corrected chi connectivity index (χ3v) is 4.99. The Balaban J connectivity index is 2.38. The van der Waals surface area contributed by atoms with Gasteiger partial charge in [0.25, 0.3) is 0 Å². The Labute approximate surface area is 185 Å². The molecule has 0 aliphatic carbocycles.